The third-order valence-electron chi connectivity index (χ3n) is 4.17. The van der Waals surface area contributed by atoms with Gasteiger partial charge in [-0.25, -0.2) is 4.99 Å². The van der Waals surface area contributed by atoms with Crippen LogP contribution in [0.3, 0.4) is 0 Å². The molecule has 0 atom stereocenters. The molecule has 1 aromatic rings. The van der Waals surface area contributed by atoms with Gasteiger partial charge in [0.1, 0.15) is 12.4 Å². The maximum absolute atomic E-state index is 5.70. The summed E-state index contributed by atoms with van der Waals surface area (Å²) in [5, 5.41) is 6.74. The van der Waals surface area contributed by atoms with Crippen LogP contribution in [0.5, 0.6) is 5.75 Å². The highest BCUT2D eigenvalue weighted by atomic mass is 127. The topological polar surface area (TPSA) is 48.9 Å². The lowest BCUT2D eigenvalue weighted by molar-refractivity contribution is 0.297. The fourth-order valence-electron chi connectivity index (χ4n) is 2.64. The van der Waals surface area contributed by atoms with Crippen molar-refractivity contribution in [1.29, 1.82) is 0 Å². The number of para-hydroxylation sites is 1. The summed E-state index contributed by atoms with van der Waals surface area (Å²) >= 11 is 0. The zero-order valence-electron chi connectivity index (χ0n) is 17.2. The third-order valence-corrected chi connectivity index (χ3v) is 4.17. The van der Waals surface area contributed by atoms with Crippen LogP contribution in [-0.2, 0) is 6.54 Å². The molecule has 0 bridgehead atoms. The van der Waals surface area contributed by atoms with Gasteiger partial charge >= 0.3 is 0 Å². The third kappa shape index (κ3) is 11.2. The first-order valence-corrected chi connectivity index (χ1v) is 9.81. The first-order valence-electron chi connectivity index (χ1n) is 9.81. The minimum atomic E-state index is 0. The van der Waals surface area contributed by atoms with Crippen molar-refractivity contribution in [3.05, 3.63) is 42.5 Å². The highest BCUT2D eigenvalue weighted by molar-refractivity contribution is 14.0. The molecule has 0 aliphatic heterocycles. The molecule has 5 nitrogen and oxygen atoms in total. The Hall–Kier alpha value is -1.28. The summed E-state index contributed by atoms with van der Waals surface area (Å²) in [6, 6.07) is 8.02. The summed E-state index contributed by atoms with van der Waals surface area (Å²) < 4.78 is 5.70. The Morgan fingerprint density at radius 3 is 2.56 bits per heavy atom. The molecule has 27 heavy (non-hydrogen) atoms. The van der Waals surface area contributed by atoms with E-state index in [1.54, 1.807) is 6.08 Å². The maximum Gasteiger partial charge on any atom is 0.191 e. The van der Waals surface area contributed by atoms with Crippen LogP contribution < -0.4 is 15.4 Å². The monoisotopic (exact) mass is 488 g/mol. The van der Waals surface area contributed by atoms with Gasteiger partial charge in [-0.1, -0.05) is 44.7 Å². The Balaban J connectivity index is 0.00000676. The van der Waals surface area contributed by atoms with Crippen LogP contribution in [0.2, 0.25) is 0 Å². The Labute approximate surface area is 182 Å². The van der Waals surface area contributed by atoms with Crippen molar-refractivity contribution in [1.82, 2.24) is 15.5 Å². The molecule has 0 fully saturated rings. The number of hydrogen-bond donors (Lipinski definition) is 2. The molecule has 1 rings (SSSR count). The fraction of sp³-hybridized carbons (Fsp3) is 0.571. The second-order valence-electron chi connectivity index (χ2n) is 6.06. The van der Waals surface area contributed by atoms with Crippen molar-refractivity contribution in [2.45, 2.75) is 40.2 Å². The molecule has 0 radical (unpaired) electrons. The summed E-state index contributed by atoms with van der Waals surface area (Å²) in [7, 11) is 0. The molecule has 0 heterocycles. The average molecular weight is 488 g/mol. The normalized spacial score (nSPS) is 11.0. The lowest BCUT2D eigenvalue weighted by Gasteiger charge is -2.18. The highest BCUT2D eigenvalue weighted by Gasteiger charge is 2.03. The number of rotatable bonds is 13. The van der Waals surface area contributed by atoms with Gasteiger partial charge in [-0.15, -0.1) is 24.0 Å². The molecule has 154 valence electrons. The minimum absolute atomic E-state index is 0. The van der Waals surface area contributed by atoms with E-state index in [4.69, 9.17) is 9.73 Å². The molecule has 0 aromatic heterocycles. The van der Waals surface area contributed by atoms with E-state index in [0.29, 0.717) is 13.2 Å². The lowest BCUT2D eigenvalue weighted by atomic mass is 10.2. The van der Waals surface area contributed by atoms with E-state index in [2.05, 4.69) is 49.0 Å². The van der Waals surface area contributed by atoms with Gasteiger partial charge in [0.15, 0.2) is 5.96 Å². The predicted octanol–water partition coefficient (Wildman–Crippen LogP) is 4.05. The van der Waals surface area contributed by atoms with Crippen molar-refractivity contribution < 1.29 is 4.74 Å². The number of aliphatic imine (C=N–C) groups is 1. The zero-order valence-corrected chi connectivity index (χ0v) is 19.5. The van der Waals surface area contributed by atoms with E-state index < -0.39 is 0 Å². The maximum atomic E-state index is 5.70. The molecule has 0 saturated heterocycles. The number of nitrogens with zero attached hydrogens (tertiary/aromatic N) is 2. The molecule has 0 aliphatic rings. The summed E-state index contributed by atoms with van der Waals surface area (Å²) in [5.74, 6) is 1.72. The van der Waals surface area contributed by atoms with Gasteiger partial charge in [0.25, 0.3) is 0 Å². The number of nitrogens with one attached hydrogen (secondary N) is 2. The van der Waals surface area contributed by atoms with Gasteiger partial charge in [-0.3, -0.25) is 0 Å². The van der Waals surface area contributed by atoms with E-state index in [1.807, 2.05) is 18.2 Å². The number of halogens is 1. The molecular weight excluding hydrogens is 451 g/mol. The molecule has 0 aliphatic carbocycles. The predicted molar refractivity (Wildman–Crippen MR) is 127 cm³/mol. The summed E-state index contributed by atoms with van der Waals surface area (Å²) in [6.07, 6.45) is 4.09. The van der Waals surface area contributed by atoms with Gasteiger partial charge in [-0.05, 0) is 45.5 Å². The molecule has 0 amide bonds. The largest absolute Gasteiger partial charge is 0.489 e. The summed E-state index contributed by atoms with van der Waals surface area (Å²) in [5.41, 5.74) is 1.08. The zero-order chi connectivity index (χ0) is 19.0. The summed E-state index contributed by atoms with van der Waals surface area (Å²) in [4.78, 5) is 7.15. The van der Waals surface area contributed by atoms with E-state index in [0.717, 1.165) is 56.4 Å². The van der Waals surface area contributed by atoms with Crippen molar-refractivity contribution in [2.24, 2.45) is 4.99 Å². The first-order chi connectivity index (χ1) is 12.7. The standard InChI is InChI=1S/C21H36N4O.HI/c1-5-17-26-20-14-10-9-13-19(20)18-24-21(22-6-2)23-15-11-12-16-25(7-3)8-4;/h5,9-10,13-14H,1,6-8,11-12,15-18H2,2-4H3,(H2,22,23,24);1H. The second-order valence-corrected chi connectivity index (χ2v) is 6.06. The van der Waals surface area contributed by atoms with Gasteiger partial charge < -0.3 is 20.3 Å². The molecule has 0 unspecified atom stereocenters. The Kier molecular flexibility index (Phi) is 16.1. The Morgan fingerprint density at radius 2 is 1.89 bits per heavy atom. The quantitative estimate of drug-likeness (QED) is 0.145. The SMILES string of the molecule is C=CCOc1ccccc1CN=C(NCC)NCCCCN(CC)CC.I. The van der Waals surface area contributed by atoms with E-state index in [1.165, 1.54) is 6.42 Å². The average Bonchev–Trinajstić information content (AvgIpc) is 2.67. The van der Waals surface area contributed by atoms with Gasteiger partial charge in [0.2, 0.25) is 0 Å². The highest BCUT2D eigenvalue weighted by Crippen LogP contribution is 2.18. The smallest absolute Gasteiger partial charge is 0.191 e. The van der Waals surface area contributed by atoms with Crippen LogP contribution in [-0.4, -0.2) is 50.2 Å². The van der Waals surface area contributed by atoms with Gasteiger partial charge in [0.05, 0.1) is 6.54 Å². The second kappa shape index (κ2) is 16.9. The van der Waals surface area contributed by atoms with E-state index >= 15 is 0 Å². The molecule has 2 N–H and O–H groups in total. The molecule has 0 saturated carbocycles. The molecule has 0 spiro atoms. The number of unbranched alkanes of at least 4 members (excludes halogenated alkanes) is 1. The molecular formula is C21H37IN4O. The van der Waals surface area contributed by atoms with Crippen molar-refractivity contribution in [3.63, 3.8) is 0 Å². The van der Waals surface area contributed by atoms with Crippen LogP contribution >= 0.6 is 24.0 Å². The Bertz CT molecular complexity index is 533. The lowest BCUT2D eigenvalue weighted by Crippen LogP contribution is -2.38. The van der Waals surface area contributed by atoms with Crippen LogP contribution in [0.25, 0.3) is 0 Å². The van der Waals surface area contributed by atoms with E-state index in [9.17, 15) is 0 Å². The number of hydrogen-bond acceptors (Lipinski definition) is 3. The number of benzene rings is 1. The Morgan fingerprint density at radius 1 is 1.15 bits per heavy atom. The number of guanidine groups is 1. The van der Waals surface area contributed by atoms with Gasteiger partial charge in [0, 0.05) is 18.7 Å². The van der Waals surface area contributed by atoms with Crippen LogP contribution in [0.1, 0.15) is 39.2 Å². The van der Waals surface area contributed by atoms with Crippen LogP contribution in [0.15, 0.2) is 41.9 Å². The van der Waals surface area contributed by atoms with Crippen molar-refractivity contribution in [2.75, 3.05) is 39.3 Å². The first kappa shape index (κ1) is 25.7. The van der Waals surface area contributed by atoms with Crippen molar-refractivity contribution in [3.8, 4) is 5.75 Å². The van der Waals surface area contributed by atoms with Crippen LogP contribution in [0.4, 0.5) is 0 Å². The van der Waals surface area contributed by atoms with Crippen molar-refractivity contribution >= 4 is 29.9 Å². The molecule has 6 heteroatoms. The number of ether oxygens (including phenoxy) is 1. The van der Waals surface area contributed by atoms with Crippen LogP contribution in [0, 0.1) is 0 Å². The molecule has 1 aromatic carbocycles. The fourth-order valence-corrected chi connectivity index (χ4v) is 2.64. The van der Waals surface area contributed by atoms with Gasteiger partial charge in [-0.2, -0.15) is 0 Å². The van der Waals surface area contributed by atoms with E-state index in [-0.39, 0.29) is 24.0 Å². The minimum Gasteiger partial charge on any atom is -0.489 e. The summed E-state index contributed by atoms with van der Waals surface area (Å²) in [6.45, 7) is 16.5.